The van der Waals surface area contributed by atoms with Gasteiger partial charge in [-0.2, -0.15) is 0 Å². The molecule has 0 atom stereocenters. The van der Waals surface area contributed by atoms with E-state index in [-0.39, 0.29) is 11.5 Å². The van der Waals surface area contributed by atoms with Crippen molar-refractivity contribution in [3.8, 4) is 11.1 Å². The van der Waals surface area contributed by atoms with Crippen LogP contribution in [0.15, 0.2) is 59.8 Å². The van der Waals surface area contributed by atoms with Crippen LogP contribution in [0.4, 0.5) is 20.3 Å². The van der Waals surface area contributed by atoms with Gasteiger partial charge >= 0.3 is 0 Å². The van der Waals surface area contributed by atoms with Crippen LogP contribution in [0.1, 0.15) is 30.4 Å². The van der Waals surface area contributed by atoms with Gasteiger partial charge in [0.2, 0.25) is 0 Å². The topological polar surface area (TPSA) is 73.0 Å². The number of benzene rings is 2. The number of nitrogens with two attached hydrogens (primary N) is 1. The summed E-state index contributed by atoms with van der Waals surface area (Å²) >= 11 is 0. The molecule has 1 aromatic heterocycles. The molecule has 0 bridgehead atoms. The Hall–Kier alpha value is -3.56. The zero-order valence-electron chi connectivity index (χ0n) is 19.0. The summed E-state index contributed by atoms with van der Waals surface area (Å²) in [5.74, 6) is -1.36. The predicted molar refractivity (Wildman–Crippen MR) is 129 cm³/mol. The van der Waals surface area contributed by atoms with E-state index in [0.29, 0.717) is 11.4 Å². The number of anilines is 2. The Bertz CT molecular complexity index is 1210. The highest BCUT2D eigenvalue weighted by molar-refractivity contribution is 6.13. The smallest absolute Gasteiger partial charge is 0.184 e. The van der Waals surface area contributed by atoms with Crippen molar-refractivity contribution in [1.82, 2.24) is 20.5 Å². The van der Waals surface area contributed by atoms with Crippen molar-refractivity contribution < 1.29 is 8.78 Å². The molecule has 7 nitrogen and oxygen atoms in total. The first-order valence-electron chi connectivity index (χ1n) is 11.4. The molecule has 0 spiro atoms. The van der Waals surface area contributed by atoms with Crippen LogP contribution in [0.25, 0.3) is 11.1 Å². The second-order valence-corrected chi connectivity index (χ2v) is 8.63. The van der Waals surface area contributed by atoms with Crippen molar-refractivity contribution in [2.75, 3.05) is 30.9 Å². The molecule has 5 rings (SSSR count). The number of aromatic nitrogens is 1. The molecule has 176 valence electrons. The zero-order chi connectivity index (χ0) is 23.7. The predicted octanol–water partition coefficient (Wildman–Crippen LogP) is 4.13. The molecule has 1 saturated heterocycles. The van der Waals surface area contributed by atoms with Gasteiger partial charge in [-0.1, -0.05) is 36.8 Å². The number of piperidine rings is 1. The van der Waals surface area contributed by atoms with Gasteiger partial charge in [0.1, 0.15) is 11.5 Å². The minimum Gasteiger partial charge on any atom is -0.383 e. The maximum atomic E-state index is 14.6. The van der Waals surface area contributed by atoms with Gasteiger partial charge in [0.25, 0.3) is 0 Å². The summed E-state index contributed by atoms with van der Waals surface area (Å²) in [5, 5.41) is 7.18. The first-order chi connectivity index (χ1) is 16.5. The van der Waals surface area contributed by atoms with Gasteiger partial charge < -0.3 is 5.73 Å². The SMILES string of the molecule is CN1NN=C(c2cc(-c3ccc(CN4CCCCC4)cc3)cnc2N)N1c1cccc(F)c1F. The lowest BCUT2D eigenvalue weighted by atomic mass is 10.0. The number of rotatable bonds is 5. The van der Waals surface area contributed by atoms with E-state index in [1.54, 1.807) is 13.2 Å². The molecular weight excluding hydrogens is 436 g/mol. The largest absolute Gasteiger partial charge is 0.383 e. The van der Waals surface area contributed by atoms with Crippen LogP contribution < -0.4 is 16.3 Å². The number of hydrogen-bond acceptors (Lipinski definition) is 7. The van der Waals surface area contributed by atoms with Crippen molar-refractivity contribution in [1.29, 1.82) is 0 Å². The number of pyridine rings is 1. The van der Waals surface area contributed by atoms with Gasteiger partial charge in [0.15, 0.2) is 17.5 Å². The van der Waals surface area contributed by atoms with Crippen molar-refractivity contribution in [2.45, 2.75) is 25.8 Å². The fourth-order valence-corrected chi connectivity index (χ4v) is 4.45. The van der Waals surface area contributed by atoms with Crippen LogP contribution in [0.5, 0.6) is 0 Å². The van der Waals surface area contributed by atoms with Gasteiger partial charge in [-0.3, -0.25) is 4.90 Å². The molecule has 9 heteroatoms. The number of likely N-dealkylation sites (tertiary alicyclic amines) is 1. The fraction of sp³-hybridized carbons (Fsp3) is 0.280. The molecule has 0 radical (unpaired) electrons. The van der Waals surface area contributed by atoms with Gasteiger partial charge in [-0.25, -0.2) is 24.3 Å². The van der Waals surface area contributed by atoms with Crippen LogP contribution in [-0.4, -0.2) is 41.0 Å². The number of nitrogens with zero attached hydrogens (tertiary/aromatic N) is 5. The van der Waals surface area contributed by atoms with Crippen molar-refractivity contribution in [3.05, 3.63) is 77.5 Å². The van der Waals surface area contributed by atoms with E-state index in [0.717, 1.165) is 36.8 Å². The minimum atomic E-state index is -0.974. The van der Waals surface area contributed by atoms with Crippen molar-refractivity contribution in [2.24, 2.45) is 5.10 Å². The lowest BCUT2D eigenvalue weighted by Crippen LogP contribution is -2.44. The Morgan fingerprint density at radius 2 is 1.76 bits per heavy atom. The highest BCUT2D eigenvalue weighted by Crippen LogP contribution is 2.30. The van der Waals surface area contributed by atoms with Crippen LogP contribution in [-0.2, 0) is 6.54 Å². The molecule has 3 N–H and O–H groups in total. The number of hydrazine groups is 2. The van der Waals surface area contributed by atoms with Gasteiger partial charge in [-0.15, -0.1) is 10.2 Å². The maximum Gasteiger partial charge on any atom is 0.184 e. The quantitative estimate of drug-likeness (QED) is 0.593. The van der Waals surface area contributed by atoms with E-state index >= 15 is 0 Å². The van der Waals surface area contributed by atoms with Crippen molar-refractivity contribution in [3.63, 3.8) is 0 Å². The zero-order valence-corrected chi connectivity index (χ0v) is 19.0. The van der Waals surface area contributed by atoms with Crippen molar-refractivity contribution >= 4 is 17.3 Å². The van der Waals surface area contributed by atoms with Gasteiger partial charge in [-0.05, 0) is 55.3 Å². The molecule has 34 heavy (non-hydrogen) atoms. The third-order valence-corrected chi connectivity index (χ3v) is 6.26. The number of hydrogen-bond donors (Lipinski definition) is 2. The summed E-state index contributed by atoms with van der Waals surface area (Å²) < 4.78 is 28.5. The Labute approximate surface area is 197 Å². The summed E-state index contributed by atoms with van der Waals surface area (Å²) in [6, 6.07) is 14.3. The lowest BCUT2D eigenvalue weighted by Gasteiger charge is -2.27. The first kappa shape index (κ1) is 22.2. The van der Waals surface area contributed by atoms with E-state index in [2.05, 4.69) is 44.8 Å². The number of halogens is 2. The first-order valence-corrected chi connectivity index (χ1v) is 11.4. The fourth-order valence-electron chi connectivity index (χ4n) is 4.45. The monoisotopic (exact) mass is 463 g/mol. The second kappa shape index (κ2) is 9.36. The van der Waals surface area contributed by atoms with Crippen LogP contribution in [0, 0.1) is 11.6 Å². The molecule has 0 saturated carbocycles. The number of nitrogen functional groups attached to an aromatic ring is 1. The Morgan fingerprint density at radius 3 is 2.53 bits per heavy atom. The number of hydrazone groups is 1. The molecular formula is C25H27F2N7. The van der Waals surface area contributed by atoms with E-state index in [1.807, 2.05) is 6.07 Å². The van der Waals surface area contributed by atoms with E-state index in [1.165, 1.54) is 47.1 Å². The summed E-state index contributed by atoms with van der Waals surface area (Å²) in [5.41, 5.74) is 12.6. The molecule has 0 unspecified atom stereocenters. The molecule has 0 amide bonds. The van der Waals surface area contributed by atoms with E-state index in [4.69, 9.17) is 5.73 Å². The second-order valence-electron chi connectivity index (χ2n) is 8.63. The average Bonchev–Trinajstić information content (AvgIpc) is 3.23. The number of nitrogens with one attached hydrogen (secondary N) is 1. The molecule has 0 aliphatic carbocycles. The summed E-state index contributed by atoms with van der Waals surface area (Å²) in [6.45, 7) is 3.26. The Kier molecular flexibility index (Phi) is 6.12. The molecule has 3 aromatic rings. The van der Waals surface area contributed by atoms with E-state index in [9.17, 15) is 8.78 Å². The van der Waals surface area contributed by atoms with Crippen LogP contribution in [0.3, 0.4) is 0 Å². The molecule has 2 aliphatic rings. The van der Waals surface area contributed by atoms with Gasteiger partial charge in [0, 0.05) is 25.4 Å². The summed E-state index contributed by atoms with van der Waals surface area (Å²) in [6.07, 6.45) is 5.56. The normalized spacial score (nSPS) is 17.0. The highest BCUT2D eigenvalue weighted by atomic mass is 19.2. The lowest BCUT2D eigenvalue weighted by molar-refractivity contribution is 0.221. The Balaban J connectivity index is 1.43. The molecule has 3 heterocycles. The molecule has 2 aliphatic heterocycles. The summed E-state index contributed by atoms with van der Waals surface area (Å²) in [7, 11) is 1.65. The van der Waals surface area contributed by atoms with E-state index < -0.39 is 11.6 Å². The maximum absolute atomic E-state index is 14.6. The minimum absolute atomic E-state index is 0.0121. The van der Waals surface area contributed by atoms with Gasteiger partial charge in [0.05, 0.1) is 5.56 Å². The Morgan fingerprint density at radius 1 is 1.00 bits per heavy atom. The van der Waals surface area contributed by atoms with Crippen LogP contribution in [0.2, 0.25) is 0 Å². The van der Waals surface area contributed by atoms with Crippen LogP contribution >= 0.6 is 0 Å². The molecule has 1 fully saturated rings. The third-order valence-electron chi connectivity index (χ3n) is 6.26. The molecule has 2 aromatic carbocycles. The number of amidine groups is 1. The summed E-state index contributed by atoms with van der Waals surface area (Å²) in [4.78, 5) is 6.85. The third kappa shape index (κ3) is 4.32. The standard InChI is InChI=1S/C25H27F2N7/c1-32-31-30-25(34(32)22-7-5-6-21(26)23(22)27)20-14-19(15-29-24(20)28)18-10-8-17(9-11-18)16-33-12-3-2-4-13-33/h5-11,14-15,31H,2-4,12-13,16H2,1H3,(H2,28,29). The highest BCUT2D eigenvalue weighted by Gasteiger charge is 2.30. The average molecular weight is 464 g/mol.